The summed E-state index contributed by atoms with van der Waals surface area (Å²) < 4.78 is 2.77. The molecule has 0 aliphatic rings. The summed E-state index contributed by atoms with van der Waals surface area (Å²) in [6, 6.07) is 9.66. The van der Waals surface area contributed by atoms with Gasteiger partial charge in [-0.15, -0.1) is 0 Å². The molecule has 5 heteroatoms. The quantitative estimate of drug-likeness (QED) is 0.676. The van der Waals surface area contributed by atoms with Gasteiger partial charge < -0.3 is 0 Å². The van der Waals surface area contributed by atoms with Gasteiger partial charge in [0.2, 0.25) is 0 Å². The molecular formula is C13H9BrClN3. The van der Waals surface area contributed by atoms with Crippen LogP contribution in [0.25, 0.3) is 22.3 Å². The van der Waals surface area contributed by atoms with Gasteiger partial charge in [-0.05, 0) is 30.3 Å². The molecule has 18 heavy (non-hydrogen) atoms. The van der Waals surface area contributed by atoms with Gasteiger partial charge in [-0.3, -0.25) is 4.68 Å². The van der Waals surface area contributed by atoms with Crippen LogP contribution in [0.5, 0.6) is 0 Å². The van der Waals surface area contributed by atoms with Gasteiger partial charge >= 0.3 is 0 Å². The third-order valence-corrected chi connectivity index (χ3v) is 3.61. The van der Waals surface area contributed by atoms with E-state index in [4.69, 9.17) is 11.6 Å². The predicted molar refractivity (Wildman–Crippen MR) is 76.7 cm³/mol. The third kappa shape index (κ3) is 1.91. The number of rotatable bonds is 1. The van der Waals surface area contributed by atoms with Crippen LogP contribution in [0, 0.1) is 0 Å². The Morgan fingerprint density at radius 2 is 2.06 bits per heavy atom. The molecule has 0 unspecified atom stereocenters. The number of hydrogen-bond acceptors (Lipinski definition) is 2. The summed E-state index contributed by atoms with van der Waals surface area (Å²) in [4.78, 5) is 4.61. The third-order valence-electron chi connectivity index (χ3n) is 2.80. The molecule has 0 saturated heterocycles. The first-order valence-electron chi connectivity index (χ1n) is 5.39. The lowest BCUT2D eigenvalue weighted by molar-refractivity contribution is 0.774. The Balaban J connectivity index is 2.28. The summed E-state index contributed by atoms with van der Waals surface area (Å²) >= 11 is 9.75. The minimum Gasteiger partial charge on any atom is -0.266 e. The molecule has 3 rings (SSSR count). The largest absolute Gasteiger partial charge is 0.266 e. The Morgan fingerprint density at radius 3 is 2.78 bits per heavy atom. The van der Waals surface area contributed by atoms with Gasteiger partial charge in [0.05, 0.1) is 21.9 Å². The first-order chi connectivity index (χ1) is 8.65. The first-order valence-corrected chi connectivity index (χ1v) is 6.56. The van der Waals surface area contributed by atoms with E-state index >= 15 is 0 Å². The van der Waals surface area contributed by atoms with E-state index in [2.05, 4.69) is 26.0 Å². The number of aryl methyl sites for hydroxylation is 1. The van der Waals surface area contributed by atoms with Gasteiger partial charge in [0.25, 0.3) is 0 Å². The molecule has 0 radical (unpaired) electrons. The highest BCUT2D eigenvalue weighted by Gasteiger charge is 2.09. The second kappa shape index (κ2) is 4.37. The fourth-order valence-electron chi connectivity index (χ4n) is 1.91. The summed E-state index contributed by atoms with van der Waals surface area (Å²) in [5, 5.41) is 5.78. The molecular weight excluding hydrogens is 314 g/mol. The van der Waals surface area contributed by atoms with E-state index in [1.54, 1.807) is 10.9 Å². The van der Waals surface area contributed by atoms with E-state index in [9.17, 15) is 0 Å². The van der Waals surface area contributed by atoms with E-state index in [1.165, 1.54) is 0 Å². The highest BCUT2D eigenvalue weighted by atomic mass is 79.9. The fraction of sp³-hybridized carbons (Fsp3) is 0.0769. The lowest BCUT2D eigenvalue weighted by Gasteiger charge is -2.06. The number of nitrogens with zero attached hydrogens (tertiary/aromatic N) is 3. The molecule has 0 atom stereocenters. The number of benzene rings is 1. The molecule has 3 nitrogen and oxygen atoms in total. The zero-order valence-electron chi connectivity index (χ0n) is 9.56. The first kappa shape index (κ1) is 11.7. The summed E-state index contributed by atoms with van der Waals surface area (Å²) in [6.45, 7) is 0. The van der Waals surface area contributed by atoms with Crippen LogP contribution in [-0.4, -0.2) is 14.8 Å². The Morgan fingerprint density at radius 1 is 1.22 bits per heavy atom. The SMILES string of the molecule is Cn1nccc1-c1cc(Cl)c2cc(Br)ccc2n1. The van der Waals surface area contributed by atoms with Crippen molar-refractivity contribution in [1.82, 2.24) is 14.8 Å². The van der Waals surface area contributed by atoms with Gasteiger partial charge in [0, 0.05) is 23.1 Å². The Hall–Kier alpha value is -1.39. The molecule has 0 N–H and O–H groups in total. The number of fused-ring (bicyclic) bond motifs is 1. The molecule has 0 aliphatic carbocycles. The van der Waals surface area contributed by atoms with Gasteiger partial charge in [-0.25, -0.2) is 4.98 Å². The fourth-order valence-corrected chi connectivity index (χ4v) is 2.53. The smallest absolute Gasteiger partial charge is 0.0905 e. The highest BCUT2D eigenvalue weighted by molar-refractivity contribution is 9.10. The van der Waals surface area contributed by atoms with Crippen molar-refractivity contribution >= 4 is 38.4 Å². The van der Waals surface area contributed by atoms with E-state index in [0.717, 1.165) is 26.8 Å². The number of aromatic nitrogens is 3. The highest BCUT2D eigenvalue weighted by Crippen LogP contribution is 2.29. The van der Waals surface area contributed by atoms with E-state index in [1.807, 2.05) is 37.4 Å². The monoisotopic (exact) mass is 321 g/mol. The van der Waals surface area contributed by atoms with E-state index < -0.39 is 0 Å². The van der Waals surface area contributed by atoms with Crippen LogP contribution >= 0.6 is 27.5 Å². The Bertz CT molecular complexity index is 736. The molecule has 3 aromatic rings. The maximum atomic E-state index is 6.31. The van der Waals surface area contributed by atoms with Crippen molar-refractivity contribution in [2.75, 3.05) is 0 Å². The average molecular weight is 323 g/mol. The lowest BCUT2D eigenvalue weighted by Crippen LogP contribution is -1.95. The molecule has 0 saturated carbocycles. The minimum absolute atomic E-state index is 0.692. The summed E-state index contributed by atoms with van der Waals surface area (Å²) in [5.74, 6) is 0. The topological polar surface area (TPSA) is 30.7 Å². The molecule has 90 valence electrons. The van der Waals surface area contributed by atoms with Gasteiger partial charge in [0.15, 0.2) is 0 Å². The molecule has 0 fully saturated rings. The molecule has 0 aliphatic heterocycles. The minimum atomic E-state index is 0.692. The average Bonchev–Trinajstić information content (AvgIpc) is 2.76. The van der Waals surface area contributed by atoms with Crippen LogP contribution in [0.1, 0.15) is 0 Å². The van der Waals surface area contributed by atoms with Gasteiger partial charge in [-0.1, -0.05) is 27.5 Å². The summed E-state index contributed by atoms with van der Waals surface area (Å²) in [5.41, 5.74) is 2.65. The van der Waals surface area contributed by atoms with Crippen LogP contribution in [0.4, 0.5) is 0 Å². The van der Waals surface area contributed by atoms with Crippen molar-refractivity contribution in [3.8, 4) is 11.4 Å². The predicted octanol–water partition coefficient (Wildman–Crippen LogP) is 4.05. The zero-order chi connectivity index (χ0) is 12.7. The maximum absolute atomic E-state index is 6.31. The van der Waals surface area contributed by atoms with Crippen molar-refractivity contribution in [3.05, 3.63) is 46.0 Å². The second-order valence-electron chi connectivity index (χ2n) is 3.99. The van der Waals surface area contributed by atoms with Crippen LogP contribution in [-0.2, 0) is 7.05 Å². The Kier molecular flexibility index (Phi) is 2.84. The van der Waals surface area contributed by atoms with Crippen molar-refractivity contribution in [2.24, 2.45) is 7.05 Å². The normalized spacial score (nSPS) is 11.1. The Labute approximate surface area is 118 Å². The van der Waals surface area contributed by atoms with Gasteiger partial charge in [-0.2, -0.15) is 5.10 Å². The number of pyridine rings is 1. The standard InChI is InChI=1S/C13H9BrClN3/c1-18-13(4-5-16-18)12-7-10(15)9-6-8(14)2-3-11(9)17-12/h2-7H,1H3. The molecule has 2 aromatic heterocycles. The molecule has 0 spiro atoms. The van der Waals surface area contributed by atoms with E-state index in [-0.39, 0.29) is 0 Å². The van der Waals surface area contributed by atoms with Crippen molar-refractivity contribution < 1.29 is 0 Å². The maximum Gasteiger partial charge on any atom is 0.0905 e. The number of halogens is 2. The zero-order valence-corrected chi connectivity index (χ0v) is 11.9. The molecule has 0 amide bonds. The van der Waals surface area contributed by atoms with Gasteiger partial charge in [0.1, 0.15) is 0 Å². The van der Waals surface area contributed by atoms with Crippen LogP contribution in [0.15, 0.2) is 41.0 Å². The van der Waals surface area contributed by atoms with Crippen LogP contribution in [0.3, 0.4) is 0 Å². The second-order valence-corrected chi connectivity index (χ2v) is 5.31. The van der Waals surface area contributed by atoms with Crippen LogP contribution in [0.2, 0.25) is 5.02 Å². The van der Waals surface area contributed by atoms with Crippen LogP contribution < -0.4 is 0 Å². The van der Waals surface area contributed by atoms with Crippen molar-refractivity contribution in [2.45, 2.75) is 0 Å². The van der Waals surface area contributed by atoms with Crippen molar-refractivity contribution in [3.63, 3.8) is 0 Å². The molecule has 0 bridgehead atoms. The summed E-state index contributed by atoms with van der Waals surface area (Å²) in [6.07, 6.45) is 1.75. The number of hydrogen-bond donors (Lipinski definition) is 0. The van der Waals surface area contributed by atoms with Crippen molar-refractivity contribution in [1.29, 1.82) is 0 Å². The molecule has 1 aromatic carbocycles. The van der Waals surface area contributed by atoms with E-state index in [0.29, 0.717) is 5.02 Å². The molecule has 2 heterocycles. The lowest BCUT2D eigenvalue weighted by atomic mass is 10.2. The summed E-state index contributed by atoms with van der Waals surface area (Å²) in [7, 11) is 1.89.